The van der Waals surface area contributed by atoms with Gasteiger partial charge in [0.2, 0.25) is 0 Å². The fraction of sp³-hybridized carbons (Fsp3) is 0.440. The van der Waals surface area contributed by atoms with Crippen molar-refractivity contribution < 1.29 is 23.8 Å². The van der Waals surface area contributed by atoms with Gasteiger partial charge in [-0.2, -0.15) is 0 Å². The molecule has 1 aliphatic rings. The molecule has 176 valence electrons. The first-order valence-electron chi connectivity index (χ1n) is 11.2. The number of nitrogens with zero attached hydrogens (tertiary/aromatic N) is 2. The predicted molar refractivity (Wildman–Crippen MR) is 128 cm³/mol. The van der Waals surface area contributed by atoms with Crippen LogP contribution in [0, 0.1) is 12.8 Å². The quantitative estimate of drug-likeness (QED) is 0.476. The lowest BCUT2D eigenvalue weighted by molar-refractivity contribution is -0.149. The van der Waals surface area contributed by atoms with Crippen LogP contribution in [0.1, 0.15) is 40.7 Å². The second kappa shape index (κ2) is 9.87. The summed E-state index contributed by atoms with van der Waals surface area (Å²) < 4.78 is 19.2. The molecular formula is C25H30N2O5S. The number of ether oxygens (including phenoxy) is 3. The van der Waals surface area contributed by atoms with Crippen molar-refractivity contribution in [3.8, 4) is 11.5 Å². The molecule has 7 nitrogen and oxygen atoms in total. The second-order valence-electron chi connectivity index (χ2n) is 8.29. The third-order valence-electron chi connectivity index (χ3n) is 6.01. The molecule has 1 aliphatic heterocycles. The van der Waals surface area contributed by atoms with Gasteiger partial charge >= 0.3 is 5.97 Å². The third kappa shape index (κ3) is 4.85. The number of likely N-dealkylation sites (tertiary alicyclic amines) is 1. The van der Waals surface area contributed by atoms with Gasteiger partial charge in [-0.15, -0.1) is 11.3 Å². The van der Waals surface area contributed by atoms with Crippen molar-refractivity contribution >= 4 is 33.4 Å². The number of rotatable bonds is 7. The van der Waals surface area contributed by atoms with Gasteiger partial charge in [-0.1, -0.05) is 0 Å². The average Bonchev–Trinajstić information content (AvgIpc) is 3.35. The zero-order valence-electron chi connectivity index (χ0n) is 19.6. The molecule has 0 unspecified atom stereocenters. The lowest BCUT2D eigenvalue weighted by atomic mass is 9.98. The Kier molecular flexibility index (Phi) is 6.93. The SMILES string of the molecule is CCOC(=O)[C@@H]1CCCN(C(=O)c2cc3sc(C)cc3n2Cc2cc(OC)cc(OC)c2)C1. The monoisotopic (exact) mass is 470 g/mol. The van der Waals surface area contributed by atoms with Crippen LogP contribution in [0.3, 0.4) is 0 Å². The predicted octanol–water partition coefficient (Wildman–Crippen LogP) is 4.49. The summed E-state index contributed by atoms with van der Waals surface area (Å²) in [5.41, 5.74) is 2.63. The van der Waals surface area contributed by atoms with Gasteiger partial charge in [0.15, 0.2) is 0 Å². The molecule has 0 radical (unpaired) electrons. The minimum absolute atomic E-state index is 0.0556. The van der Waals surface area contributed by atoms with Crippen LogP contribution in [0.25, 0.3) is 10.2 Å². The Morgan fingerprint density at radius 1 is 1.09 bits per heavy atom. The smallest absolute Gasteiger partial charge is 0.310 e. The molecule has 0 aliphatic carbocycles. The van der Waals surface area contributed by atoms with Crippen molar-refractivity contribution in [3.63, 3.8) is 0 Å². The van der Waals surface area contributed by atoms with Gasteiger partial charge in [0.1, 0.15) is 17.2 Å². The van der Waals surface area contributed by atoms with E-state index in [9.17, 15) is 9.59 Å². The minimum Gasteiger partial charge on any atom is -0.497 e. The van der Waals surface area contributed by atoms with E-state index in [4.69, 9.17) is 14.2 Å². The van der Waals surface area contributed by atoms with Gasteiger partial charge in [0.25, 0.3) is 5.91 Å². The molecule has 0 spiro atoms. The van der Waals surface area contributed by atoms with Crippen LogP contribution in [0.4, 0.5) is 0 Å². The minimum atomic E-state index is -0.267. The van der Waals surface area contributed by atoms with Crippen LogP contribution < -0.4 is 9.47 Å². The van der Waals surface area contributed by atoms with E-state index in [0.29, 0.717) is 43.4 Å². The number of carbonyl (C=O) groups is 2. The number of hydrogen-bond acceptors (Lipinski definition) is 6. The number of thiophene rings is 1. The number of esters is 1. The summed E-state index contributed by atoms with van der Waals surface area (Å²) in [6.45, 7) is 5.76. The maximum atomic E-state index is 13.6. The van der Waals surface area contributed by atoms with Crippen LogP contribution >= 0.6 is 11.3 Å². The Morgan fingerprint density at radius 3 is 2.48 bits per heavy atom. The van der Waals surface area contributed by atoms with Gasteiger partial charge in [-0.05, 0) is 56.5 Å². The van der Waals surface area contributed by atoms with Gasteiger partial charge < -0.3 is 23.7 Å². The fourth-order valence-corrected chi connectivity index (χ4v) is 5.39. The molecular weight excluding hydrogens is 440 g/mol. The molecule has 2 aromatic heterocycles. The molecule has 0 bridgehead atoms. The van der Waals surface area contributed by atoms with Gasteiger partial charge in [0, 0.05) is 30.6 Å². The lowest BCUT2D eigenvalue weighted by Crippen LogP contribution is -2.43. The van der Waals surface area contributed by atoms with Crippen LogP contribution in [-0.2, 0) is 16.1 Å². The molecule has 1 amide bonds. The first-order valence-corrected chi connectivity index (χ1v) is 12.0. The van der Waals surface area contributed by atoms with E-state index < -0.39 is 0 Å². The van der Waals surface area contributed by atoms with Crippen molar-refractivity contribution in [3.05, 3.63) is 46.5 Å². The highest BCUT2D eigenvalue weighted by atomic mass is 32.1. The van der Waals surface area contributed by atoms with E-state index >= 15 is 0 Å². The van der Waals surface area contributed by atoms with E-state index in [1.165, 1.54) is 4.88 Å². The first-order chi connectivity index (χ1) is 15.9. The van der Waals surface area contributed by atoms with E-state index in [0.717, 1.165) is 28.6 Å². The third-order valence-corrected chi connectivity index (χ3v) is 7.00. The van der Waals surface area contributed by atoms with Crippen LogP contribution in [0.15, 0.2) is 30.3 Å². The number of amides is 1. The zero-order chi connectivity index (χ0) is 23.5. The lowest BCUT2D eigenvalue weighted by Gasteiger charge is -2.31. The molecule has 8 heteroatoms. The number of benzene rings is 1. The van der Waals surface area contributed by atoms with Gasteiger partial charge in [-0.3, -0.25) is 9.59 Å². The van der Waals surface area contributed by atoms with Crippen LogP contribution in [0.2, 0.25) is 0 Å². The summed E-state index contributed by atoms with van der Waals surface area (Å²) in [6.07, 6.45) is 1.54. The van der Waals surface area contributed by atoms with Crippen molar-refractivity contribution in [2.45, 2.75) is 33.2 Å². The molecule has 4 rings (SSSR count). The number of aryl methyl sites for hydroxylation is 1. The molecule has 3 heterocycles. The average molecular weight is 471 g/mol. The van der Waals surface area contributed by atoms with Gasteiger partial charge in [-0.25, -0.2) is 0 Å². The number of piperidine rings is 1. The summed E-state index contributed by atoms with van der Waals surface area (Å²) in [5, 5.41) is 0. The summed E-state index contributed by atoms with van der Waals surface area (Å²) in [6, 6.07) is 9.84. The molecule has 0 saturated carbocycles. The second-order valence-corrected chi connectivity index (χ2v) is 9.57. The van der Waals surface area contributed by atoms with Gasteiger partial charge in [0.05, 0.1) is 37.0 Å². The summed E-state index contributed by atoms with van der Waals surface area (Å²) >= 11 is 1.67. The highest BCUT2D eigenvalue weighted by Crippen LogP contribution is 2.32. The van der Waals surface area contributed by atoms with Crippen molar-refractivity contribution in [1.82, 2.24) is 9.47 Å². The molecule has 3 aromatic rings. The van der Waals surface area contributed by atoms with Crippen LogP contribution in [0.5, 0.6) is 11.5 Å². The Morgan fingerprint density at radius 2 is 1.82 bits per heavy atom. The van der Waals surface area contributed by atoms with Crippen molar-refractivity contribution in [1.29, 1.82) is 0 Å². The normalized spacial score (nSPS) is 16.1. The standard InChI is InChI=1S/C25H30N2O5S/c1-5-32-25(29)18-7-6-8-26(15-18)24(28)22-13-23-21(9-16(2)33-23)27(22)14-17-10-19(30-3)12-20(11-17)31-4/h9-13,18H,5-8,14-15H2,1-4H3/t18-/m1/s1. The zero-order valence-corrected chi connectivity index (χ0v) is 20.4. The van der Waals surface area contributed by atoms with E-state index in [2.05, 4.69) is 17.6 Å². The van der Waals surface area contributed by atoms with Crippen LogP contribution in [-0.4, -0.2) is 55.3 Å². The number of fused-ring (bicyclic) bond motifs is 1. The summed E-state index contributed by atoms with van der Waals surface area (Å²) in [5.74, 6) is 0.869. The maximum absolute atomic E-state index is 13.6. The van der Waals surface area contributed by atoms with E-state index in [1.54, 1.807) is 37.4 Å². The molecule has 1 aromatic carbocycles. The number of methoxy groups -OCH3 is 2. The molecule has 1 fully saturated rings. The maximum Gasteiger partial charge on any atom is 0.310 e. The summed E-state index contributed by atoms with van der Waals surface area (Å²) in [4.78, 5) is 28.9. The summed E-state index contributed by atoms with van der Waals surface area (Å²) in [7, 11) is 3.25. The Labute approximate surface area is 197 Å². The molecule has 0 N–H and O–H groups in total. The number of hydrogen-bond donors (Lipinski definition) is 0. The Bertz CT molecular complexity index is 1140. The van der Waals surface area contributed by atoms with E-state index in [1.807, 2.05) is 24.3 Å². The molecule has 33 heavy (non-hydrogen) atoms. The topological polar surface area (TPSA) is 70.0 Å². The highest BCUT2D eigenvalue weighted by molar-refractivity contribution is 7.19. The largest absolute Gasteiger partial charge is 0.497 e. The molecule has 1 atom stereocenters. The highest BCUT2D eigenvalue weighted by Gasteiger charge is 2.31. The van der Waals surface area contributed by atoms with Crippen molar-refractivity contribution in [2.24, 2.45) is 5.92 Å². The number of carbonyl (C=O) groups excluding carboxylic acids is 2. The van der Waals surface area contributed by atoms with Crippen molar-refractivity contribution in [2.75, 3.05) is 33.9 Å². The Balaban J connectivity index is 1.67. The van der Waals surface area contributed by atoms with E-state index in [-0.39, 0.29) is 17.8 Å². The Hall–Kier alpha value is -3.00. The molecule has 1 saturated heterocycles. The fourth-order valence-electron chi connectivity index (χ4n) is 4.43. The number of aromatic nitrogens is 1. The first kappa shape index (κ1) is 23.2.